The third kappa shape index (κ3) is 4.35. The number of benzene rings is 1. The van der Waals surface area contributed by atoms with E-state index in [9.17, 15) is 4.79 Å². The summed E-state index contributed by atoms with van der Waals surface area (Å²) >= 11 is 3.36. The van der Waals surface area contributed by atoms with Gasteiger partial charge < -0.3 is 4.90 Å². The fraction of sp³-hybridized carbons (Fsp3) is 0.462. The van der Waals surface area contributed by atoms with Gasteiger partial charge in [-0.25, -0.2) is 0 Å². The molecule has 1 rings (SSSR count). The van der Waals surface area contributed by atoms with Crippen LogP contribution in [0, 0.1) is 6.92 Å². The molecule has 2 nitrogen and oxygen atoms in total. The molecule has 1 aromatic carbocycles. The summed E-state index contributed by atoms with van der Waals surface area (Å²) in [7, 11) is 1.86. The van der Waals surface area contributed by atoms with Gasteiger partial charge in [0.15, 0.2) is 0 Å². The van der Waals surface area contributed by atoms with Crippen molar-refractivity contribution in [2.24, 2.45) is 0 Å². The summed E-state index contributed by atoms with van der Waals surface area (Å²) in [6, 6.07) is 8.12. The van der Waals surface area contributed by atoms with Gasteiger partial charge in [0.2, 0.25) is 5.91 Å². The van der Waals surface area contributed by atoms with Crippen molar-refractivity contribution in [3.05, 3.63) is 35.4 Å². The summed E-state index contributed by atoms with van der Waals surface area (Å²) < 4.78 is 0. The number of amides is 1. The van der Waals surface area contributed by atoms with E-state index in [4.69, 9.17) is 0 Å². The number of carbonyl (C=O) groups is 1. The van der Waals surface area contributed by atoms with Gasteiger partial charge >= 0.3 is 0 Å². The number of nitrogens with zero attached hydrogens (tertiary/aromatic N) is 1. The first-order valence-electron chi connectivity index (χ1n) is 5.49. The van der Waals surface area contributed by atoms with Crippen LogP contribution in [0.15, 0.2) is 24.3 Å². The average molecular weight is 284 g/mol. The Morgan fingerprint density at radius 2 is 1.94 bits per heavy atom. The number of likely N-dealkylation sites (N-methyl/N-ethyl adjacent to an activating group) is 1. The van der Waals surface area contributed by atoms with Crippen LogP contribution in [0.3, 0.4) is 0 Å². The van der Waals surface area contributed by atoms with Crippen LogP contribution >= 0.6 is 15.9 Å². The van der Waals surface area contributed by atoms with Crippen LogP contribution in [-0.4, -0.2) is 29.7 Å². The van der Waals surface area contributed by atoms with Crippen LogP contribution in [0.2, 0.25) is 0 Å². The monoisotopic (exact) mass is 283 g/mol. The number of rotatable bonds is 5. The molecule has 16 heavy (non-hydrogen) atoms. The molecule has 0 unspecified atom stereocenters. The van der Waals surface area contributed by atoms with Gasteiger partial charge in [0, 0.05) is 18.9 Å². The number of halogens is 1. The van der Waals surface area contributed by atoms with E-state index in [2.05, 4.69) is 15.9 Å². The molecule has 88 valence electrons. The molecule has 0 aromatic heterocycles. The highest BCUT2D eigenvalue weighted by molar-refractivity contribution is 9.09. The number of hydrogen-bond acceptors (Lipinski definition) is 1. The van der Waals surface area contributed by atoms with Crippen LogP contribution in [0.25, 0.3) is 0 Å². The molecule has 0 aliphatic heterocycles. The fourth-order valence-corrected chi connectivity index (χ4v) is 1.69. The first-order valence-corrected chi connectivity index (χ1v) is 6.61. The summed E-state index contributed by atoms with van der Waals surface area (Å²) in [4.78, 5) is 13.6. The quantitative estimate of drug-likeness (QED) is 0.761. The molecule has 3 heteroatoms. The Morgan fingerprint density at radius 1 is 1.31 bits per heavy atom. The molecule has 0 heterocycles. The minimum absolute atomic E-state index is 0.185. The van der Waals surface area contributed by atoms with E-state index in [1.807, 2.05) is 38.2 Å². The predicted molar refractivity (Wildman–Crippen MR) is 70.9 cm³/mol. The van der Waals surface area contributed by atoms with Gasteiger partial charge in [0.05, 0.1) is 6.42 Å². The standard InChI is InChI=1S/C13H18BrNO/c1-11-4-6-12(7-5-11)10-13(16)15(2)9-3-8-14/h4-7H,3,8-10H2,1-2H3. The van der Waals surface area contributed by atoms with E-state index < -0.39 is 0 Å². The van der Waals surface area contributed by atoms with E-state index in [1.54, 1.807) is 4.90 Å². The molecule has 0 aliphatic rings. The predicted octanol–water partition coefficient (Wildman–Crippen LogP) is 2.78. The first kappa shape index (κ1) is 13.2. The Morgan fingerprint density at radius 3 is 2.50 bits per heavy atom. The van der Waals surface area contributed by atoms with Gasteiger partial charge in [-0.3, -0.25) is 4.79 Å². The van der Waals surface area contributed by atoms with E-state index in [1.165, 1.54) is 5.56 Å². The van der Waals surface area contributed by atoms with Crippen LogP contribution in [0.4, 0.5) is 0 Å². The Bertz CT molecular complexity index is 334. The molecule has 0 atom stereocenters. The lowest BCUT2D eigenvalue weighted by atomic mass is 10.1. The second-order valence-electron chi connectivity index (χ2n) is 4.02. The second kappa shape index (κ2) is 6.69. The highest BCUT2D eigenvalue weighted by atomic mass is 79.9. The minimum Gasteiger partial charge on any atom is -0.345 e. The molecule has 1 aromatic rings. The number of hydrogen-bond donors (Lipinski definition) is 0. The van der Waals surface area contributed by atoms with Crippen molar-refractivity contribution < 1.29 is 4.79 Å². The Labute approximate surface area is 106 Å². The summed E-state index contributed by atoms with van der Waals surface area (Å²) in [5.41, 5.74) is 2.31. The molecule has 0 fully saturated rings. The van der Waals surface area contributed by atoms with Crippen molar-refractivity contribution >= 4 is 21.8 Å². The Kier molecular flexibility index (Phi) is 5.53. The minimum atomic E-state index is 0.185. The molecule has 0 saturated carbocycles. The van der Waals surface area contributed by atoms with Crippen LogP contribution in [-0.2, 0) is 11.2 Å². The van der Waals surface area contributed by atoms with Crippen LogP contribution < -0.4 is 0 Å². The van der Waals surface area contributed by atoms with E-state index in [0.29, 0.717) is 6.42 Å². The lowest BCUT2D eigenvalue weighted by Gasteiger charge is -2.16. The third-order valence-electron chi connectivity index (χ3n) is 2.53. The Balaban J connectivity index is 2.47. The molecular formula is C13H18BrNO. The lowest BCUT2D eigenvalue weighted by Crippen LogP contribution is -2.29. The second-order valence-corrected chi connectivity index (χ2v) is 4.81. The highest BCUT2D eigenvalue weighted by Crippen LogP contribution is 2.05. The van der Waals surface area contributed by atoms with Crippen molar-refractivity contribution in [2.75, 3.05) is 18.9 Å². The van der Waals surface area contributed by atoms with Gasteiger partial charge in [-0.15, -0.1) is 0 Å². The zero-order valence-corrected chi connectivity index (χ0v) is 11.5. The zero-order valence-electron chi connectivity index (χ0n) is 9.87. The topological polar surface area (TPSA) is 20.3 Å². The van der Waals surface area contributed by atoms with Gasteiger partial charge in [-0.1, -0.05) is 45.8 Å². The van der Waals surface area contributed by atoms with Crippen LogP contribution in [0.1, 0.15) is 17.5 Å². The van der Waals surface area contributed by atoms with Crippen molar-refractivity contribution in [2.45, 2.75) is 19.8 Å². The summed E-state index contributed by atoms with van der Waals surface area (Å²) in [5.74, 6) is 0.185. The molecule has 1 amide bonds. The van der Waals surface area contributed by atoms with Gasteiger partial charge in [-0.05, 0) is 18.9 Å². The molecule has 0 radical (unpaired) electrons. The summed E-state index contributed by atoms with van der Waals surface area (Å²) in [6.45, 7) is 2.86. The largest absolute Gasteiger partial charge is 0.345 e. The SMILES string of the molecule is Cc1ccc(CC(=O)N(C)CCCBr)cc1. The lowest BCUT2D eigenvalue weighted by molar-refractivity contribution is -0.129. The highest BCUT2D eigenvalue weighted by Gasteiger charge is 2.08. The van der Waals surface area contributed by atoms with Gasteiger partial charge in [0.1, 0.15) is 0 Å². The van der Waals surface area contributed by atoms with Gasteiger partial charge in [-0.2, -0.15) is 0 Å². The molecule has 0 N–H and O–H groups in total. The molecule has 0 saturated heterocycles. The first-order chi connectivity index (χ1) is 7.63. The Hall–Kier alpha value is -0.830. The molecule has 0 bridgehead atoms. The van der Waals surface area contributed by atoms with Crippen molar-refractivity contribution in [1.29, 1.82) is 0 Å². The summed E-state index contributed by atoms with van der Waals surface area (Å²) in [6.07, 6.45) is 1.50. The summed E-state index contributed by atoms with van der Waals surface area (Å²) in [5, 5.41) is 0.940. The molecule has 0 aliphatic carbocycles. The number of alkyl halides is 1. The van der Waals surface area contributed by atoms with Crippen molar-refractivity contribution in [1.82, 2.24) is 4.90 Å². The zero-order chi connectivity index (χ0) is 12.0. The molecule has 0 spiro atoms. The number of carbonyl (C=O) groups excluding carboxylic acids is 1. The van der Waals surface area contributed by atoms with Gasteiger partial charge in [0.25, 0.3) is 0 Å². The molecular weight excluding hydrogens is 266 g/mol. The third-order valence-corrected chi connectivity index (χ3v) is 3.09. The van der Waals surface area contributed by atoms with Crippen LogP contribution in [0.5, 0.6) is 0 Å². The smallest absolute Gasteiger partial charge is 0.226 e. The fourth-order valence-electron chi connectivity index (χ4n) is 1.44. The maximum atomic E-state index is 11.8. The van der Waals surface area contributed by atoms with E-state index in [-0.39, 0.29) is 5.91 Å². The maximum absolute atomic E-state index is 11.8. The maximum Gasteiger partial charge on any atom is 0.226 e. The normalized spacial score (nSPS) is 10.2. The average Bonchev–Trinajstić information content (AvgIpc) is 2.29. The number of aryl methyl sites for hydroxylation is 1. The van der Waals surface area contributed by atoms with Crippen molar-refractivity contribution in [3.8, 4) is 0 Å². The van der Waals surface area contributed by atoms with E-state index >= 15 is 0 Å². The van der Waals surface area contributed by atoms with Crippen molar-refractivity contribution in [3.63, 3.8) is 0 Å². The van der Waals surface area contributed by atoms with E-state index in [0.717, 1.165) is 23.9 Å².